The molecule has 24 heavy (non-hydrogen) atoms. The molecule has 3 heteroatoms. The topological polar surface area (TPSA) is 29.5 Å². The number of ether oxygens (including phenoxy) is 1. The van der Waals surface area contributed by atoms with E-state index in [0.717, 1.165) is 25.7 Å². The highest BCUT2D eigenvalue weighted by Crippen LogP contribution is 2.37. The number of nitrogens with zero attached hydrogens (tertiary/aromatic N) is 1. The predicted molar refractivity (Wildman–Crippen MR) is 100 cm³/mol. The summed E-state index contributed by atoms with van der Waals surface area (Å²) in [6.45, 7) is 9.58. The molecule has 2 heterocycles. The van der Waals surface area contributed by atoms with Gasteiger partial charge in [0.25, 0.3) is 0 Å². The number of amides is 1. The van der Waals surface area contributed by atoms with E-state index in [0.29, 0.717) is 6.04 Å². The molecule has 136 valence electrons. The van der Waals surface area contributed by atoms with Crippen molar-refractivity contribution in [1.82, 2.24) is 4.90 Å². The van der Waals surface area contributed by atoms with Crippen LogP contribution < -0.4 is 0 Å². The van der Waals surface area contributed by atoms with Gasteiger partial charge in [-0.2, -0.15) is 0 Å². The van der Waals surface area contributed by atoms with Gasteiger partial charge in [-0.3, -0.25) is 4.90 Å². The molecule has 1 saturated heterocycles. The van der Waals surface area contributed by atoms with Crippen LogP contribution in [-0.4, -0.2) is 28.7 Å². The Hall–Kier alpha value is -1.25. The summed E-state index contributed by atoms with van der Waals surface area (Å²) in [5, 5.41) is 0. The van der Waals surface area contributed by atoms with Gasteiger partial charge in [0, 0.05) is 6.04 Å². The van der Waals surface area contributed by atoms with E-state index in [-0.39, 0.29) is 12.1 Å². The first kappa shape index (κ1) is 19.1. The first-order chi connectivity index (χ1) is 11.4. The van der Waals surface area contributed by atoms with E-state index in [9.17, 15) is 4.79 Å². The number of allylic oxidation sites excluding steroid dienone is 1. The second-order valence-electron chi connectivity index (χ2n) is 8.31. The van der Waals surface area contributed by atoms with Crippen LogP contribution in [-0.2, 0) is 4.74 Å². The van der Waals surface area contributed by atoms with Crippen LogP contribution in [0.2, 0.25) is 0 Å². The van der Waals surface area contributed by atoms with Crippen LogP contribution in [0.5, 0.6) is 0 Å². The number of hydrogen-bond donors (Lipinski definition) is 0. The number of carbonyl (C=O) groups is 1. The van der Waals surface area contributed by atoms with Crippen molar-refractivity contribution in [3.8, 4) is 0 Å². The van der Waals surface area contributed by atoms with Gasteiger partial charge in [0.15, 0.2) is 0 Å². The van der Waals surface area contributed by atoms with Crippen LogP contribution in [0.1, 0.15) is 85.0 Å². The van der Waals surface area contributed by atoms with Crippen molar-refractivity contribution in [3.05, 3.63) is 24.3 Å². The van der Waals surface area contributed by atoms with Crippen molar-refractivity contribution < 1.29 is 9.53 Å². The molecule has 3 nitrogen and oxygen atoms in total. The minimum Gasteiger partial charge on any atom is -0.444 e. The molecule has 0 aromatic heterocycles. The molecule has 0 saturated carbocycles. The summed E-state index contributed by atoms with van der Waals surface area (Å²) in [7, 11) is 0. The lowest BCUT2D eigenvalue weighted by Gasteiger charge is -2.35. The molecule has 0 aromatic carbocycles. The average Bonchev–Trinajstić information content (AvgIpc) is 2.76. The summed E-state index contributed by atoms with van der Waals surface area (Å²) in [5.41, 5.74) is 1.15. The molecule has 0 N–H and O–H groups in total. The highest BCUT2D eigenvalue weighted by Gasteiger charge is 2.41. The highest BCUT2D eigenvalue weighted by molar-refractivity contribution is 5.70. The van der Waals surface area contributed by atoms with E-state index >= 15 is 0 Å². The third-order valence-corrected chi connectivity index (χ3v) is 4.98. The maximum Gasteiger partial charge on any atom is 0.411 e. The summed E-state index contributed by atoms with van der Waals surface area (Å²) >= 11 is 0. The fourth-order valence-corrected chi connectivity index (χ4v) is 3.87. The number of fused-ring (bicyclic) bond motifs is 2. The predicted octanol–water partition coefficient (Wildman–Crippen LogP) is 6.00. The first-order valence-electron chi connectivity index (χ1n) is 9.72. The Labute approximate surface area is 148 Å². The van der Waals surface area contributed by atoms with Gasteiger partial charge in [-0.1, -0.05) is 37.0 Å². The molecule has 1 fully saturated rings. The SMILES string of the molecule is C=CCCCCCCCC1=CC2CCC(C1)N2C(=O)OC(C)(C)C. The summed E-state index contributed by atoms with van der Waals surface area (Å²) in [4.78, 5) is 14.4. The van der Waals surface area contributed by atoms with Crippen LogP contribution in [0.3, 0.4) is 0 Å². The van der Waals surface area contributed by atoms with Gasteiger partial charge in [0.05, 0.1) is 6.04 Å². The molecule has 2 rings (SSSR count). The van der Waals surface area contributed by atoms with Gasteiger partial charge in [-0.05, 0) is 65.7 Å². The van der Waals surface area contributed by atoms with Crippen LogP contribution >= 0.6 is 0 Å². The second-order valence-corrected chi connectivity index (χ2v) is 8.31. The van der Waals surface area contributed by atoms with Gasteiger partial charge >= 0.3 is 6.09 Å². The molecule has 0 aliphatic carbocycles. The van der Waals surface area contributed by atoms with Crippen LogP contribution in [0, 0.1) is 0 Å². The lowest BCUT2D eigenvalue weighted by molar-refractivity contribution is 0.0166. The summed E-state index contributed by atoms with van der Waals surface area (Å²) in [5.74, 6) is 0. The van der Waals surface area contributed by atoms with E-state index in [4.69, 9.17) is 4.74 Å². The quantitative estimate of drug-likeness (QED) is 0.402. The van der Waals surface area contributed by atoms with Gasteiger partial charge in [0.1, 0.15) is 5.60 Å². The third-order valence-electron chi connectivity index (χ3n) is 4.98. The minimum atomic E-state index is -0.411. The number of hydrogen-bond acceptors (Lipinski definition) is 2. The average molecular weight is 334 g/mol. The molecule has 1 amide bonds. The van der Waals surface area contributed by atoms with Gasteiger partial charge < -0.3 is 4.74 Å². The Morgan fingerprint density at radius 3 is 2.62 bits per heavy atom. The number of rotatable bonds is 8. The van der Waals surface area contributed by atoms with E-state index < -0.39 is 5.60 Å². The van der Waals surface area contributed by atoms with Crippen molar-refractivity contribution >= 4 is 6.09 Å². The van der Waals surface area contributed by atoms with E-state index in [1.807, 2.05) is 31.7 Å². The van der Waals surface area contributed by atoms with Crippen molar-refractivity contribution in [3.63, 3.8) is 0 Å². The van der Waals surface area contributed by atoms with E-state index in [1.165, 1.54) is 38.5 Å². The van der Waals surface area contributed by atoms with Crippen LogP contribution in [0.4, 0.5) is 4.79 Å². The third kappa shape index (κ3) is 5.68. The molecular formula is C21H35NO2. The molecule has 2 unspecified atom stereocenters. The zero-order chi connectivity index (χ0) is 17.6. The molecule has 0 radical (unpaired) electrons. The molecule has 2 aliphatic heterocycles. The standard InChI is InChI=1S/C21H35NO2/c1-5-6-7-8-9-10-11-12-17-15-18-13-14-19(16-17)22(18)20(23)24-21(2,3)4/h5,15,18-19H,1,6-14,16H2,2-4H3. The fraction of sp³-hybridized carbons (Fsp3) is 0.762. The zero-order valence-corrected chi connectivity index (χ0v) is 15.9. The monoisotopic (exact) mass is 333 g/mol. The summed E-state index contributed by atoms with van der Waals surface area (Å²) in [6.07, 6.45) is 16.4. The van der Waals surface area contributed by atoms with Crippen LogP contribution in [0.25, 0.3) is 0 Å². The lowest BCUT2D eigenvalue weighted by Crippen LogP contribution is -2.45. The Kier molecular flexibility index (Phi) is 6.94. The number of unbranched alkanes of at least 4 members (excludes halogenated alkanes) is 5. The maximum absolute atomic E-state index is 12.4. The Morgan fingerprint density at radius 1 is 1.25 bits per heavy atom. The Balaban J connectivity index is 1.75. The Morgan fingerprint density at radius 2 is 1.96 bits per heavy atom. The van der Waals surface area contributed by atoms with E-state index in [2.05, 4.69) is 12.7 Å². The smallest absolute Gasteiger partial charge is 0.411 e. The van der Waals surface area contributed by atoms with Gasteiger partial charge in [-0.15, -0.1) is 6.58 Å². The normalized spacial score (nSPS) is 23.1. The zero-order valence-electron chi connectivity index (χ0n) is 15.9. The second kappa shape index (κ2) is 8.73. The summed E-state index contributed by atoms with van der Waals surface area (Å²) in [6, 6.07) is 0.624. The van der Waals surface area contributed by atoms with Crippen molar-refractivity contribution in [2.75, 3.05) is 0 Å². The Bertz CT molecular complexity index is 461. The molecule has 0 aromatic rings. The molecule has 0 spiro atoms. The van der Waals surface area contributed by atoms with Gasteiger partial charge in [-0.25, -0.2) is 4.79 Å². The molecule has 2 atom stereocenters. The molecule has 2 aliphatic rings. The number of carbonyl (C=O) groups excluding carboxylic acids is 1. The van der Waals surface area contributed by atoms with Crippen molar-refractivity contribution in [1.29, 1.82) is 0 Å². The molecule has 2 bridgehead atoms. The fourth-order valence-electron chi connectivity index (χ4n) is 3.87. The van der Waals surface area contributed by atoms with Crippen molar-refractivity contribution in [2.24, 2.45) is 0 Å². The van der Waals surface area contributed by atoms with E-state index in [1.54, 1.807) is 5.57 Å². The largest absolute Gasteiger partial charge is 0.444 e. The van der Waals surface area contributed by atoms with Crippen LogP contribution in [0.15, 0.2) is 24.3 Å². The first-order valence-corrected chi connectivity index (χ1v) is 9.72. The maximum atomic E-state index is 12.4. The lowest BCUT2D eigenvalue weighted by atomic mass is 9.96. The minimum absolute atomic E-state index is 0.132. The summed E-state index contributed by atoms with van der Waals surface area (Å²) < 4.78 is 5.59. The highest BCUT2D eigenvalue weighted by atomic mass is 16.6. The molecular weight excluding hydrogens is 298 g/mol. The van der Waals surface area contributed by atoms with Crippen molar-refractivity contribution in [2.45, 2.75) is 103 Å². The van der Waals surface area contributed by atoms with Gasteiger partial charge in [0.2, 0.25) is 0 Å².